The van der Waals surface area contributed by atoms with Gasteiger partial charge in [0, 0.05) is 24.7 Å². The molecule has 2 amide bonds. The maximum atomic E-state index is 13.7. The van der Waals surface area contributed by atoms with Gasteiger partial charge in [-0.15, -0.1) is 0 Å². The molecule has 0 saturated carbocycles. The van der Waals surface area contributed by atoms with Crippen LogP contribution in [0.3, 0.4) is 0 Å². The lowest BCUT2D eigenvalue weighted by atomic mass is 10.0. The highest BCUT2D eigenvalue weighted by molar-refractivity contribution is 5.95. The van der Waals surface area contributed by atoms with Gasteiger partial charge in [0.1, 0.15) is 11.6 Å². The highest BCUT2D eigenvalue weighted by Crippen LogP contribution is 2.15. The summed E-state index contributed by atoms with van der Waals surface area (Å²) in [6.07, 6.45) is 1.45. The number of carbonyl (C=O) groups excluding carboxylic acids is 2. The number of hydrogen-bond acceptors (Lipinski definition) is 2. The van der Waals surface area contributed by atoms with E-state index >= 15 is 0 Å². The number of hydrogen-bond donors (Lipinski definition) is 1. The SMILES string of the molecule is O=C(NC1CCCN(C(=O)c2ccc(F)cc2)C1)c1ccccc1F. The van der Waals surface area contributed by atoms with Crippen LogP contribution in [0.1, 0.15) is 33.6 Å². The Bertz CT molecular complexity index is 777. The molecule has 4 nitrogen and oxygen atoms in total. The molecule has 130 valence electrons. The average Bonchev–Trinajstić information content (AvgIpc) is 2.62. The molecule has 6 heteroatoms. The Morgan fingerprint density at radius 2 is 1.76 bits per heavy atom. The Kier molecular flexibility index (Phi) is 5.07. The van der Waals surface area contributed by atoms with E-state index in [0.29, 0.717) is 25.1 Å². The van der Waals surface area contributed by atoms with Gasteiger partial charge in [-0.2, -0.15) is 0 Å². The fourth-order valence-electron chi connectivity index (χ4n) is 2.96. The molecule has 1 heterocycles. The minimum absolute atomic E-state index is 0.00974. The first-order valence-corrected chi connectivity index (χ1v) is 8.15. The minimum Gasteiger partial charge on any atom is -0.347 e. The molecular weight excluding hydrogens is 326 g/mol. The number of halogens is 2. The van der Waals surface area contributed by atoms with Crippen molar-refractivity contribution in [3.63, 3.8) is 0 Å². The zero-order valence-corrected chi connectivity index (χ0v) is 13.5. The van der Waals surface area contributed by atoms with Gasteiger partial charge in [0.05, 0.1) is 5.56 Å². The first kappa shape index (κ1) is 17.1. The number of carbonyl (C=O) groups is 2. The van der Waals surface area contributed by atoms with Gasteiger partial charge in [-0.1, -0.05) is 12.1 Å². The summed E-state index contributed by atoms with van der Waals surface area (Å²) in [4.78, 5) is 26.3. The van der Waals surface area contributed by atoms with Gasteiger partial charge in [0.15, 0.2) is 0 Å². The smallest absolute Gasteiger partial charge is 0.254 e. The second-order valence-corrected chi connectivity index (χ2v) is 6.05. The molecular formula is C19H18F2N2O2. The van der Waals surface area contributed by atoms with Gasteiger partial charge < -0.3 is 10.2 Å². The zero-order valence-electron chi connectivity index (χ0n) is 13.5. The zero-order chi connectivity index (χ0) is 17.8. The lowest BCUT2D eigenvalue weighted by Gasteiger charge is -2.33. The summed E-state index contributed by atoms with van der Waals surface area (Å²) < 4.78 is 26.7. The highest BCUT2D eigenvalue weighted by atomic mass is 19.1. The predicted molar refractivity (Wildman–Crippen MR) is 89.2 cm³/mol. The number of nitrogens with zero attached hydrogens (tertiary/aromatic N) is 1. The van der Waals surface area contributed by atoms with Gasteiger partial charge in [-0.25, -0.2) is 8.78 Å². The van der Waals surface area contributed by atoms with Crippen LogP contribution in [0.25, 0.3) is 0 Å². The molecule has 1 unspecified atom stereocenters. The molecule has 2 aromatic rings. The second kappa shape index (κ2) is 7.42. The molecule has 1 fully saturated rings. The average molecular weight is 344 g/mol. The summed E-state index contributed by atoms with van der Waals surface area (Å²) in [5, 5.41) is 2.79. The van der Waals surface area contributed by atoms with Crippen molar-refractivity contribution in [3.8, 4) is 0 Å². The van der Waals surface area contributed by atoms with Crippen LogP contribution in [-0.4, -0.2) is 35.8 Å². The van der Waals surface area contributed by atoms with Crippen molar-refractivity contribution >= 4 is 11.8 Å². The fourth-order valence-corrected chi connectivity index (χ4v) is 2.96. The van der Waals surface area contributed by atoms with Crippen LogP contribution in [0.2, 0.25) is 0 Å². The molecule has 0 spiro atoms. The normalized spacial score (nSPS) is 17.2. The molecule has 0 aromatic heterocycles. The largest absolute Gasteiger partial charge is 0.347 e. The topological polar surface area (TPSA) is 49.4 Å². The molecule has 2 aromatic carbocycles. The summed E-state index contributed by atoms with van der Waals surface area (Å²) in [6.45, 7) is 0.915. The Morgan fingerprint density at radius 3 is 2.48 bits per heavy atom. The van der Waals surface area contributed by atoms with Crippen LogP contribution in [0.4, 0.5) is 8.78 Å². The number of rotatable bonds is 3. The van der Waals surface area contributed by atoms with E-state index in [2.05, 4.69) is 5.32 Å². The quantitative estimate of drug-likeness (QED) is 0.931. The predicted octanol–water partition coefficient (Wildman–Crippen LogP) is 3.00. The van der Waals surface area contributed by atoms with E-state index in [4.69, 9.17) is 0 Å². The van der Waals surface area contributed by atoms with Crippen molar-refractivity contribution in [2.75, 3.05) is 13.1 Å². The van der Waals surface area contributed by atoms with E-state index in [-0.39, 0.29) is 17.5 Å². The molecule has 1 atom stereocenters. The Labute approximate surface area is 144 Å². The first-order valence-electron chi connectivity index (χ1n) is 8.15. The lowest BCUT2D eigenvalue weighted by molar-refractivity contribution is 0.0675. The Hall–Kier alpha value is -2.76. The van der Waals surface area contributed by atoms with Crippen LogP contribution in [-0.2, 0) is 0 Å². The number of amides is 2. The van der Waals surface area contributed by atoms with E-state index < -0.39 is 17.5 Å². The molecule has 0 radical (unpaired) electrons. The van der Waals surface area contributed by atoms with Gasteiger partial charge in [-0.3, -0.25) is 9.59 Å². The number of benzene rings is 2. The van der Waals surface area contributed by atoms with Gasteiger partial charge >= 0.3 is 0 Å². The van der Waals surface area contributed by atoms with Crippen molar-refractivity contribution < 1.29 is 18.4 Å². The van der Waals surface area contributed by atoms with Crippen LogP contribution in [0.5, 0.6) is 0 Å². The van der Waals surface area contributed by atoms with Gasteiger partial charge in [0.25, 0.3) is 11.8 Å². The summed E-state index contributed by atoms with van der Waals surface area (Å²) >= 11 is 0. The third-order valence-corrected chi connectivity index (χ3v) is 4.25. The minimum atomic E-state index is -0.574. The van der Waals surface area contributed by atoms with Gasteiger partial charge in [-0.05, 0) is 49.2 Å². The molecule has 1 aliphatic heterocycles. The molecule has 1 aliphatic rings. The van der Waals surface area contributed by atoms with Crippen molar-refractivity contribution in [1.29, 1.82) is 0 Å². The van der Waals surface area contributed by atoms with Crippen molar-refractivity contribution in [3.05, 3.63) is 71.3 Å². The van der Waals surface area contributed by atoms with E-state index in [1.54, 1.807) is 11.0 Å². The van der Waals surface area contributed by atoms with Crippen LogP contribution >= 0.6 is 0 Å². The first-order chi connectivity index (χ1) is 12.0. The molecule has 0 bridgehead atoms. The van der Waals surface area contributed by atoms with E-state index in [1.165, 1.54) is 42.5 Å². The number of nitrogens with one attached hydrogen (secondary N) is 1. The molecule has 0 aliphatic carbocycles. The van der Waals surface area contributed by atoms with Crippen molar-refractivity contribution in [2.45, 2.75) is 18.9 Å². The number of piperidine rings is 1. The molecule has 1 N–H and O–H groups in total. The van der Waals surface area contributed by atoms with Crippen molar-refractivity contribution in [1.82, 2.24) is 10.2 Å². The maximum absolute atomic E-state index is 13.7. The van der Waals surface area contributed by atoms with Crippen LogP contribution in [0, 0.1) is 11.6 Å². The fraction of sp³-hybridized carbons (Fsp3) is 0.263. The monoisotopic (exact) mass is 344 g/mol. The summed E-state index contributed by atoms with van der Waals surface area (Å²) in [5.74, 6) is -1.66. The third-order valence-electron chi connectivity index (χ3n) is 4.25. The molecule has 1 saturated heterocycles. The van der Waals surface area contributed by atoms with E-state index in [9.17, 15) is 18.4 Å². The summed E-state index contributed by atoms with van der Waals surface area (Å²) in [6, 6.07) is 10.9. The highest BCUT2D eigenvalue weighted by Gasteiger charge is 2.26. The van der Waals surface area contributed by atoms with Gasteiger partial charge in [0.2, 0.25) is 0 Å². The standard InChI is InChI=1S/C19H18F2N2O2/c20-14-9-7-13(8-10-14)19(25)23-11-3-4-15(12-23)22-18(24)16-5-1-2-6-17(16)21/h1-2,5-10,15H,3-4,11-12H2,(H,22,24). The van der Waals surface area contributed by atoms with E-state index in [1.807, 2.05) is 0 Å². The van der Waals surface area contributed by atoms with Crippen LogP contribution < -0.4 is 5.32 Å². The van der Waals surface area contributed by atoms with E-state index in [0.717, 1.165) is 6.42 Å². The second-order valence-electron chi connectivity index (χ2n) is 6.05. The third kappa shape index (κ3) is 4.02. The number of likely N-dealkylation sites (tertiary alicyclic amines) is 1. The molecule has 25 heavy (non-hydrogen) atoms. The molecule has 3 rings (SSSR count). The van der Waals surface area contributed by atoms with Crippen LogP contribution in [0.15, 0.2) is 48.5 Å². The maximum Gasteiger partial charge on any atom is 0.254 e. The van der Waals surface area contributed by atoms with Crippen molar-refractivity contribution in [2.24, 2.45) is 0 Å². The summed E-state index contributed by atoms with van der Waals surface area (Å²) in [7, 11) is 0. The Balaban J connectivity index is 1.65. The Morgan fingerprint density at radius 1 is 1.04 bits per heavy atom. The summed E-state index contributed by atoms with van der Waals surface area (Å²) in [5.41, 5.74) is 0.395. The lowest BCUT2D eigenvalue weighted by Crippen LogP contribution is -2.49.